The Morgan fingerprint density at radius 2 is 2.11 bits per heavy atom. The third-order valence-corrected chi connectivity index (χ3v) is 4.26. The minimum Gasteiger partial charge on any atom is -0.396 e. The molecule has 2 N–H and O–H groups in total. The molecule has 1 atom stereocenters. The van der Waals surface area contributed by atoms with Crippen LogP contribution in [-0.4, -0.2) is 38.8 Å². The van der Waals surface area contributed by atoms with E-state index in [0.717, 1.165) is 25.9 Å². The second kappa shape index (κ2) is 5.95. The first kappa shape index (κ1) is 13.0. The highest BCUT2D eigenvalue weighted by Crippen LogP contribution is 2.14. The molecule has 1 aromatic rings. The summed E-state index contributed by atoms with van der Waals surface area (Å²) in [6, 6.07) is 3.33. The molecule has 6 heteroatoms. The van der Waals surface area contributed by atoms with Gasteiger partial charge in [0.2, 0.25) is 5.91 Å². The van der Waals surface area contributed by atoms with Crippen LogP contribution in [0.1, 0.15) is 19.3 Å². The number of likely N-dealkylation sites (tertiary alicyclic amines) is 1. The summed E-state index contributed by atoms with van der Waals surface area (Å²) < 4.78 is 12.0. The fourth-order valence-electron chi connectivity index (χ4n) is 2.01. The molecule has 1 amide bonds. The highest BCUT2D eigenvalue weighted by molar-refractivity contribution is 7.85. The minimum atomic E-state index is -1.45. The summed E-state index contributed by atoms with van der Waals surface area (Å²) in [6.45, 7) is 1.54. The molecule has 1 fully saturated rings. The molecular formula is C12H17N3O2S. The third kappa shape index (κ3) is 3.07. The molecule has 0 aliphatic carbocycles. The fraction of sp³-hybridized carbons (Fsp3) is 0.500. The van der Waals surface area contributed by atoms with Gasteiger partial charge in [-0.05, 0) is 31.4 Å². The number of hydrogen-bond donors (Lipinski definition) is 1. The smallest absolute Gasteiger partial charge is 0.235 e. The van der Waals surface area contributed by atoms with Crippen molar-refractivity contribution in [1.82, 2.24) is 9.88 Å². The SMILES string of the molecule is Nc1cccnc1S(=O)CC(=O)N1CCCCC1. The Morgan fingerprint density at radius 3 is 2.78 bits per heavy atom. The van der Waals surface area contributed by atoms with Crippen LogP contribution >= 0.6 is 0 Å². The molecule has 0 saturated carbocycles. The second-order valence-corrected chi connectivity index (χ2v) is 5.70. The molecule has 0 bridgehead atoms. The summed E-state index contributed by atoms with van der Waals surface area (Å²) in [4.78, 5) is 17.7. The molecule has 5 nitrogen and oxygen atoms in total. The average Bonchev–Trinajstić information content (AvgIpc) is 2.40. The van der Waals surface area contributed by atoms with E-state index in [1.54, 1.807) is 17.0 Å². The van der Waals surface area contributed by atoms with Gasteiger partial charge in [0.05, 0.1) is 16.5 Å². The molecule has 0 aromatic carbocycles. The first-order valence-corrected chi connectivity index (χ1v) is 7.37. The highest BCUT2D eigenvalue weighted by atomic mass is 32.2. The van der Waals surface area contributed by atoms with Gasteiger partial charge < -0.3 is 10.6 Å². The van der Waals surface area contributed by atoms with Crippen molar-refractivity contribution in [2.75, 3.05) is 24.6 Å². The van der Waals surface area contributed by atoms with Crippen LogP contribution in [-0.2, 0) is 15.6 Å². The summed E-state index contributed by atoms with van der Waals surface area (Å²) in [5.41, 5.74) is 6.07. The molecule has 1 saturated heterocycles. The number of nitrogen functional groups attached to an aromatic ring is 1. The highest BCUT2D eigenvalue weighted by Gasteiger charge is 2.20. The molecule has 0 spiro atoms. The lowest BCUT2D eigenvalue weighted by atomic mass is 10.1. The minimum absolute atomic E-state index is 0.0266. The number of nitrogens with two attached hydrogens (primary N) is 1. The Balaban J connectivity index is 1.99. The Morgan fingerprint density at radius 1 is 1.39 bits per heavy atom. The summed E-state index contributed by atoms with van der Waals surface area (Å²) in [6.07, 6.45) is 4.77. The lowest BCUT2D eigenvalue weighted by Gasteiger charge is -2.26. The molecule has 1 unspecified atom stereocenters. The molecular weight excluding hydrogens is 250 g/mol. The van der Waals surface area contributed by atoms with Gasteiger partial charge in [0.15, 0.2) is 5.03 Å². The van der Waals surface area contributed by atoms with Crippen molar-refractivity contribution in [3.05, 3.63) is 18.3 Å². The van der Waals surface area contributed by atoms with E-state index in [9.17, 15) is 9.00 Å². The predicted molar refractivity (Wildman–Crippen MR) is 70.4 cm³/mol. The molecule has 2 rings (SSSR count). The lowest BCUT2D eigenvalue weighted by molar-refractivity contribution is -0.129. The maximum absolute atomic E-state index is 12.0. The number of rotatable bonds is 3. The van der Waals surface area contributed by atoms with Gasteiger partial charge in [-0.1, -0.05) is 0 Å². The van der Waals surface area contributed by atoms with Gasteiger partial charge in [-0.2, -0.15) is 0 Å². The van der Waals surface area contributed by atoms with Crippen LogP contribution in [0.4, 0.5) is 5.69 Å². The fourth-order valence-corrected chi connectivity index (χ4v) is 3.06. The van der Waals surface area contributed by atoms with Gasteiger partial charge in [-0.15, -0.1) is 0 Å². The molecule has 2 heterocycles. The molecule has 1 aliphatic heterocycles. The monoisotopic (exact) mass is 267 g/mol. The van der Waals surface area contributed by atoms with E-state index in [1.165, 1.54) is 12.6 Å². The first-order chi connectivity index (χ1) is 8.68. The van der Waals surface area contributed by atoms with Crippen LogP contribution in [0.15, 0.2) is 23.4 Å². The van der Waals surface area contributed by atoms with Gasteiger partial charge >= 0.3 is 0 Å². The van der Waals surface area contributed by atoms with Crippen molar-refractivity contribution in [2.24, 2.45) is 0 Å². The van der Waals surface area contributed by atoms with Gasteiger partial charge in [0, 0.05) is 19.3 Å². The van der Waals surface area contributed by atoms with Gasteiger partial charge in [-0.3, -0.25) is 9.00 Å². The van der Waals surface area contributed by atoms with Crippen LogP contribution in [0.3, 0.4) is 0 Å². The van der Waals surface area contributed by atoms with Gasteiger partial charge in [0.25, 0.3) is 0 Å². The summed E-state index contributed by atoms with van der Waals surface area (Å²) in [5.74, 6) is -0.0978. The van der Waals surface area contributed by atoms with Crippen LogP contribution in [0.2, 0.25) is 0 Å². The van der Waals surface area contributed by atoms with E-state index in [2.05, 4.69) is 4.98 Å². The number of nitrogens with zero attached hydrogens (tertiary/aromatic N) is 2. The first-order valence-electron chi connectivity index (χ1n) is 6.05. The number of amides is 1. The number of anilines is 1. The van der Waals surface area contributed by atoms with Crippen molar-refractivity contribution >= 4 is 22.4 Å². The number of aromatic nitrogens is 1. The molecule has 1 aromatic heterocycles. The van der Waals surface area contributed by atoms with Crippen LogP contribution in [0.5, 0.6) is 0 Å². The quantitative estimate of drug-likeness (QED) is 0.878. The van der Waals surface area contributed by atoms with E-state index in [0.29, 0.717) is 10.7 Å². The zero-order chi connectivity index (χ0) is 13.0. The maximum Gasteiger partial charge on any atom is 0.235 e. The molecule has 18 heavy (non-hydrogen) atoms. The van der Waals surface area contributed by atoms with Crippen LogP contribution in [0.25, 0.3) is 0 Å². The lowest BCUT2D eigenvalue weighted by Crippen LogP contribution is -2.38. The topological polar surface area (TPSA) is 76.3 Å². The largest absolute Gasteiger partial charge is 0.396 e. The number of piperidine rings is 1. The van der Waals surface area contributed by atoms with Crippen molar-refractivity contribution < 1.29 is 9.00 Å². The van der Waals surface area contributed by atoms with Crippen molar-refractivity contribution in [3.8, 4) is 0 Å². The number of carbonyl (C=O) groups excluding carboxylic acids is 1. The zero-order valence-electron chi connectivity index (χ0n) is 10.2. The Labute approximate surface area is 109 Å². The summed E-state index contributed by atoms with van der Waals surface area (Å²) in [5, 5.41) is 0.308. The molecule has 0 radical (unpaired) electrons. The normalized spacial score (nSPS) is 17.4. The van der Waals surface area contributed by atoms with Crippen LogP contribution in [0, 0.1) is 0 Å². The number of pyridine rings is 1. The molecule has 1 aliphatic rings. The van der Waals surface area contributed by atoms with Crippen molar-refractivity contribution in [1.29, 1.82) is 0 Å². The van der Waals surface area contributed by atoms with E-state index in [1.807, 2.05) is 0 Å². The maximum atomic E-state index is 12.0. The summed E-state index contributed by atoms with van der Waals surface area (Å²) >= 11 is 0. The van der Waals surface area contributed by atoms with Crippen molar-refractivity contribution in [3.63, 3.8) is 0 Å². The number of hydrogen-bond acceptors (Lipinski definition) is 4. The van der Waals surface area contributed by atoms with Gasteiger partial charge in [-0.25, -0.2) is 4.98 Å². The molecule has 98 valence electrons. The summed E-state index contributed by atoms with van der Waals surface area (Å²) in [7, 11) is -1.45. The van der Waals surface area contributed by atoms with E-state index in [-0.39, 0.29) is 11.7 Å². The Hall–Kier alpha value is -1.43. The predicted octanol–water partition coefficient (Wildman–Crippen LogP) is 0.784. The Kier molecular flexibility index (Phi) is 4.30. The number of carbonyl (C=O) groups is 1. The van der Waals surface area contributed by atoms with Crippen molar-refractivity contribution in [2.45, 2.75) is 24.3 Å². The van der Waals surface area contributed by atoms with Crippen LogP contribution < -0.4 is 5.73 Å². The van der Waals surface area contributed by atoms with E-state index in [4.69, 9.17) is 5.73 Å². The van der Waals surface area contributed by atoms with E-state index < -0.39 is 10.8 Å². The Bertz CT molecular complexity index is 458. The standard InChI is InChI=1S/C12H17N3O2S/c13-10-5-4-6-14-12(10)18(17)9-11(16)15-7-2-1-3-8-15/h4-6H,1-3,7-9,13H2. The second-order valence-electron chi connectivity index (χ2n) is 4.33. The zero-order valence-corrected chi connectivity index (χ0v) is 11.0. The average molecular weight is 267 g/mol. The van der Waals surface area contributed by atoms with E-state index >= 15 is 0 Å². The third-order valence-electron chi connectivity index (χ3n) is 2.98. The van der Waals surface area contributed by atoms with Gasteiger partial charge in [0.1, 0.15) is 5.75 Å².